The highest BCUT2D eigenvalue weighted by Crippen LogP contribution is 2.29. The van der Waals surface area contributed by atoms with Gasteiger partial charge in [-0.05, 0) is 42.8 Å². The molecule has 1 amide bonds. The molecule has 4 N–H and O–H groups in total. The van der Waals surface area contributed by atoms with E-state index in [1.54, 1.807) is 43.3 Å². The summed E-state index contributed by atoms with van der Waals surface area (Å²) in [7, 11) is 0. The van der Waals surface area contributed by atoms with Gasteiger partial charge in [0.05, 0.1) is 16.2 Å². The number of rotatable bonds is 7. The monoisotopic (exact) mass is 458 g/mol. The molecule has 0 bridgehead atoms. The molecule has 0 atom stereocenters. The maximum Gasteiger partial charge on any atom is 0.338 e. The Morgan fingerprint density at radius 3 is 2.31 bits per heavy atom. The Bertz CT molecular complexity index is 1170. The second-order valence-corrected chi connectivity index (χ2v) is 6.50. The smallest absolute Gasteiger partial charge is 0.338 e. The quantitative estimate of drug-likeness (QED) is 0.299. The van der Waals surface area contributed by atoms with Crippen LogP contribution in [0.1, 0.15) is 22.8 Å². The van der Waals surface area contributed by atoms with Gasteiger partial charge in [-0.1, -0.05) is 12.1 Å². The van der Waals surface area contributed by atoms with Crippen molar-refractivity contribution in [2.75, 3.05) is 16.0 Å². The number of aromatic carboxylic acids is 1. The summed E-state index contributed by atoms with van der Waals surface area (Å²) in [5.41, 5.74) is 1.41. The molecule has 12 heteroatoms. The summed E-state index contributed by atoms with van der Waals surface area (Å²) >= 11 is 0. The number of hydrogen-bond acceptors (Lipinski definition) is 8. The van der Waals surface area contributed by atoms with Gasteiger partial charge in [-0.15, -0.1) is 12.4 Å². The number of carboxylic acid groups (broad SMARTS) is 1. The topological polar surface area (TPSA) is 159 Å². The minimum atomic E-state index is -1.17. The molecule has 0 spiro atoms. The first kappa shape index (κ1) is 24.0. The number of halogens is 1. The van der Waals surface area contributed by atoms with E-state index in [-0.39, 0.29) is 41.3 Å². The predicted molar refractivity (Wildman–Crippen MR) is 121 cm³/mol. The van der Waals surface area contributed by atoms with E-state index in [4.69, 9.17) is 0 Å². The third kappa shape index (κ3) is 5.67. The van der Waals surface area contributed by atoms with Crippen molar-refractivity contribution < 1.29 is 19.6 Å². The van der Waals surface area contributed by atoms with Crippen LogP contribution in [-0.4, -0.2) is 31.9 Å². The largest absolute Gasteiger partial charge is 0.478 e. The number of amides is 1. The molecule has 2 aromatic carbocycles. The summed E-state index contributed by atoms with van der Waals surface area (Å²) in [5.74, 6) is -1.47. The average Bonchev–Trinajstić information content (AvgIpc) is 2.69. The zero-order valence-electron chi connectivity index (χ0n) is 16.9. The van der Waals surface area contributed by atoms with Crippen molar-refractivity contribution in [3.8, 4) is 0 Å². The number of nitro groups is 1. The van der Waals surface area contributed by atoms with E-state index in [1.165, 1.54) is 13.0 Å². The fourth-order valence-electron chi connectivity index (χ4n) is 2.81. The first-order valence-electron chi connectivity index (χ1n) is 9.00. The van der Waals surface area contributed by atoms with E-state index >= 15 is 0 Å². The lowest BCUT2D eigenvalue weighted by Crippen LogP contribution is -2.09. The van der Waals surface area contributed by atoms with Crippen LogP contribution in [0, 0.1) is 17.0 Å². The molecule has 1 heterocycles. The number of hydrogen-bond donors (Lipinski definition) is 4. The lowest BCUT2D eigenvalue weighted by atomic mass is 10.1. The van der Waals surface area contributed by atoms with Crippen LogP contribution in [0.2, 0.25) is 0 Å². The van der Waals surface area contributed by atoms with Crippen molar-refractivity contribution in [2.45, 2.75) is 13.8 Å². The van der Waals surface area contributed by atoms with Gasteiger partial charge in [0, 0.05) is 18.3 Å². The summed E-state index contributed by atoms with van der Waals surface area (Å²) in [4.78, 5) is 41.6. The Hall–Kier alpha value is -4.25. The lowest BCUT2D eigenvalue weighted by molar-refractivity contribution is -0.384. The van der Waals surface area contributed by atoms with E-state index in [0.717, 1.165) is 6.20 Å². The summed E-state index contributed by atoms with van der Waals surface area (Å²) in [5, 5.41) is 29.2. The number of nitrogens with zero attached hydrogens (tertiary/aromatic N) is 3. The molecule has 0 radical (unpaired) electrons. The first-order valence-corrected chi connectivity index (χ1v) is 9.00. The maximum atomic E-state index is 11.6. The normalized spacial score (nSPS) is 9.94. The number of carbonyl (C=O) groups is 2. The Kier molecular flexibility index (Phi) is 7.64. The fourth-order valence-corrected chi connectivity index (χ4v) is 2.81. The Balaban J connectivity index is 0.00000363. The van der Waals surface area contributed by atoms with Crippen molar-refractivity contribution in [3.63, 3.8) is 0 Å². The molecule has 0 unspecified atom stereocenters. The number of aromatic nitrogens is 2. The van der Waals surface area contributed by atoms with Crippen LogP contribution in [0.15, 0.2) is 48.7 Å². The van der Waals surface area contributed by atoms with E-state index in [2.05, 4.69) is 25.9 Å². The van der Waals surface area contributed by atoms with Gasteiger partial charge < -0.3 is 21.1 Å². The number of benzene rings is 2. The van der Waals surface area contributed by atoms with Gasteiger partial charge in [0.2, 0.25) is 17.7 Å². The molecule has 0 saturated heterocycles. The van der Waals surface area contributed by atoms with Crippen molar-refractivity contribution in [2.24, 2.45) is 0 Å². The highest BCUT2D eigenvalue weighted by Gasteiger charge is 2.21. The molecule has 1 aromatic heterocycles. The minimum absolute atomic E-state index is 0. The van der Waals surface area contributed by atoms with Crippen LogP contribution in [0.4, 0.5) is 34.5 Å². The van der Waals surface area contributed by atoms with Crippen molar-refractivity contribution >= 4 is 58.8 Å². The fraction of sp³-hybridized carbons (Fsp3) is 0.100. The second kappa shape index (κ2) is 10.2. The van der Waals surface area contributed by atoms with Gasteiger partial charge >= 0.3 is 11.7 Å². The van der Waals surface area contributed by atoms with Gasteiger partial charge in [-0.25, -0.2) is 9.78 Å². The van der Waals surface area contributed by atoms with Crippen LogP contribution in [-0.2, 0) is 4.79 Å². The number of carbonyl (C=O) groups excluding carboxylic acids is 1. The standard InChI is InChI=1S/C20H18N6O5.ClH/c1-11-4-3-5-15(17(11)19(28)29)24-18-16(26(30)31)10-21-20(25-18)23-14-8-6-13(7-9-14)22-12(2)27;/h3-10H,1-2H3,(H,22,27)(H,28,29)(H2,21,23,24,25);1H. The molecule has 0 fully saturated rings. The second-order valence-electron chi connectivity index (χ2n) is 6.50. The summed E-state index contributed by atoms with van der Waals surface area (Å²) < 4.78 is 0. The van der Waals surface area contributed by atoms with Gasteiger partial charge in [0.15, 0.2) is 0 Å². The molecule has 3 aromatic rings. The van der Waals surface area contributed by atoms with Crippen molar-refractivity contribution in [3.05, 3.63) is 69.9 Å². The molecule has 0 saturated carbocycles. The van der Waals surface area contributed by atoms with Crippen LogP contribution in [0.3, 0.4) is 0 Å². The summed E-state index contributed by atoms with van der Waals surface area (Å²) in [6, 6.07) is 11.4. The van der Waals surface area contributed by atoms with Crippen LogP contribution in [0.25, 0.3) is 0 Å². The van der Waals surface area contributed by atoms with Crippen molar-refractivity contribution in [1.29, 1.82) is 0 Å². The lowest BCUT2D eigenvalue weighted by Gasteiger charge is -2.12. The SMILES string of the molecule is CC(=O)Nc1ccc(Nc2ncc([N+](=O)[O-])c(Nc3cccc(C)c3C(=O)O)n2)cc1.Cl. The number of nitrogens with one attached hydrogen (secondary N) is 3. The predicted octanol–water partition coefficient (Wildman–Crippen LogP) is 4.26. The van der Waals surface area contributed by atoms with Gasteiger partial charge in [0.25, 0.3) is 0 Å². The molecule has 0 aliphatic rings. The molecule has 32 heavy (non-hydrogen) atoms. The van der Waals surface area contributed by atoms with Crippen molar-refractivity contribution in [1.82, 2.24) is 9.97 Å². The molecule has 3 rings (SSSR count). The summed E-state index contributed by atoms with van der Waals surface area (Å²) in [6.07, 6.45) is 1.03. The number of anilines is 5. The summed E-state index contributed by atoms with van der Waals surface area (Å²) in [6.45, 7) is 3.02. The first-order chi connectivity index (χ1) is 14.7. The number of aryl methyl sites for hydroxylation is 1. The van der Waals surface area contributed by atoms with Gasteiger partial charge in [0.1, 0.15) is 6.20 Å². The molecule has 0 aliphatic carbocycles. The molecular weight excluding hydrogens is 440 g/mol. The van der Waals surface area contributed by atoms with E-state index in [0.29, 0.717) is 16.9 Å². The molecule has 166 valence electrons. The van der Waals surface area contributed by atoms with Crippen LogP contribution >= 0.6 is 12.4 Å². The van der Waals surface area contributed by atoms with Gasteiger partial charge in [-0.2, -0.15) is 4.98 Å². The third-order valence-corrected chi connectivity index (χ3v) is 4.17. The number of carboxylic acids is 1. The van der Waals surface area contributed by atoms with Crippen LogP contribution < -0.4 is 16.0 Å². The zero-order valence-corrected chi connectivity index (χ0v) is 17.8. The molecule has 11 nitrogen and oxygen atoms in total. The van der Waals surface area contributed by atoms with E-state index in [9.17, 15) is 24.8 Å². The molecule has 0 aliphatic heterocycles. The highest BCUT2D eigenvalue weighted by molar-refractivity contribution is 5.97. The highest BCUT2D eigenvalue weighted by atomic mass is 35.5. The van der Waals surface area contributed by atoms with Crippen LogP contribution in [0.5, 0.6) is 0 Å². The third-order valence-electron chi connectivity index (χ3n) is 4.17. The Morgan fingerprint density at radius 1 is 1.06 bits per heavy atom. The van der Waals surface area contributed by atoms with Gasteiger partial charge in [-0.3, -0.25) is 14.9 Å². The minimum Gasteiger partial charge on any atom is -0.478 e. The van der Waals surface area contributed by atoms with E-state index < -0.39 is 16.6 Å². The Morgan fingerprint density at radius 2 is 1.72 bits per heavy atom. The average molecular weight is 459 g/mol. The Labute approximate surface area is 188 Å². The maximum absolute atomic E-state index is 11.6. The molecular formula is C20H19ClN6O5. The zero-order chi connectivity index (χ0) is 22.5. The van der Waals surface area contributed by atoms with E-state index in [1.807, 2.05) is 0 Å².